The lowest BCUT2D eigenvalue weighted by atomic mass is 10.1. The van der Waals surface area contributed by atoms with Crippen molar-refractivity contribution in [2.75, 3.05) is 26.4 Å². The Morgan fingerprint density at radius 1 is 1.15 bits per heavy atom. The first-order valence-electron chi connectivity index (χ1n) is 8.24. The Morgan fingerprint density at radius 2 is 2.00 bits per heavy atom. The lowest BCUT2D eigenvalue weighted by molar-refractivity contribution is -0.143. The number of amides is 1. The van der Waals surface area contributed by atoms with E-state index in [-0.39, 0.29) is 12.5 Å². The van der Waals surface area contributed by atoms with Crippen LogP contribution in [0.4, 0.5) is 0 Å². The minimum atomic E-state index is -0.608. The molecule has 2 heterocycles. The summed E-state index contributed by atoms with van der Waals surface area (Å²) in [4.78, 5) is 23.2. The molecule has 3 rings (SSSR count). The number of carbonyl (C=O) groups is 2. The van der Waals surface area contributed by atoms with Gasteiger partial charge in [-0.1, -0.05) is 6.07 Å². The van der Waals surface area contributed by atoms with E-state index in [2.05, 4.69) is 5.32 Å². The average Bonchev–Trinajstić information content (AvgIpc) is 3.18. The van der Waals surface area contributed by atoms with Crippen LogP contribution >= 0.6 is 0 Å². The predicted octanol–water partition coefficient (Wildman–Crippen LogP) is 1.97. The molecular weight excluding hydrogens is 338 g/mol. The van der Waals surface area contributed by atoms with Crippen LogP contribution in [0.1, 0.15) is 11.3 Å². The van der Waals surface area contributed by atoms with Crippen LogP contribution in [0.2, 0.25) is 0 Å². The molecular formula is C19H19NO6. The van der Waals surface area contributed by atoms with E-state index in [0.717, 1.165) is 17.1 Å². The molecule has 0 saturated carbocycles. The topological polar surface area (TPSA) is 87.0 Å². The number of hydrogen-bond acceptors (Lipinski definition) is 6. The van der Waals surface area contributed by atoms with Crippen LogP contribution in [0.3, 0.4) is 0 Å². The molecule has 7 heteroatoms. The smallest absolute Gasteiger partial charge is 0.331 e. The summed E-state index contributed by atoms with van der Waals surface area (Å²) in [7, 11) is 0. The predicted molar refractivity (Wildman–Crippen MR) is 92.8 cm³/mol. The monoisotopic (exact) mass is 357 g/mol. The highest BCUT2D eigenvalue weighted by Gasteiger charge is 2.11. The Bertz CT molecular complexity index is 781. The molecule has 1 aromatic heterocycles. The lowest BCUT2D eigenvalue weighted by Gasteiger charge is -2.18. The van der Waals surface area contributed by atoms with E-state index in [9.17, 15) is 9.59 Å². The summed E-state index contributed by atoms with van der Waals surface area (Å²) in [5, 5.41) is 2.71. The van der Waals surface area contributed by atoms with Crippen molar-refractivity contribution in [1.29, 1.82) is 0 Å². The van der Waals surface area contributed by atoms with E-state index in [1.165, 1.54) is 18.4 Å². The van der Waals surface area contributed by atoms with Gasteiger partial charge in [-0.25, -0.2) is 4.79 Å². The summed E-state index contributed by atoms with van der Waals surface area (Å²) in [5.74, 6) is 1.02. The zero-order chi connectivity index (χ0) is 18.2. The highest BCUT2D eigenvalue weighted by atomic mass is 16.6. The summed E-state index contributed by atoms with van der Waals surface area (Å²) in [5.41, 5.74) is 1.02. The van der Waals surface area contributed by atoms with Crippen molar-refractivity contribution in [3.63, 3.8) is 0 Å². The largest absolute Gasteiger partial charge is 0.486 e. The van der Waals surface area contributed by atoms with Crippen molar-refractivity contribution in [3.8, 4) is 11.5 Å². The second kappa shape index (κ2) is 8.75. The Morgan fingerprint density at radius 3 is 2.81 bits per heavy atom. The number of furan rings is 1. The van der Waals surface area contributed by atoms with Crippen molar-refractivity contribution in [1.82, 2.24) is 5.32 Å². The van der Waals surface area contributed by atoms with Gasteiger partial charge in [0.2, 0.25) is 0 Å². The molecule has 0 aliphatic carbocycles. The van der Waals surface area contributed by atoms with E-state index in [0.29, 0.717) is 31.9 Å². The van der Waals surface area contributed by atoms with Crippen LogP contribution < -0.4 is 14.8 Å². The van der Waals surface area contributed by atoms with E-state index in [4.69, 9.17) is 18.6 Å². The van der Waals surface area contributed by atoms with E-state index >= 15 is 0 Å². The molecule has 0 fully saturated rings. The molecule has 0 bridgehead atoms. The number of fused-ring (bicyclic) bond motifs is 1. The molecule has 26 heavy (non-hydrogen) atoms. The highest BCUT2D eigenvalue weighted by molar-refractivity contribution is 5.88. The van der Waals surface area contributed by atoms with Gasteiger partial charge in [0.15, 0.2) is 18.1 Å². The first kappa shape index (κ1) is 17.6. The number of esters is 1. The second-order valence-electron chi connectivity index (χ2n) is 5.53. The van der Waals surface area contributed by atoms with Gasteiger partial charge >= 0.3 is 5.97 Å². The molecule has 0 spiro atoms. The third-order valence-electron chi connectivity index (χ3n) is 3.61. The standard InChI is InChI=1S/C19H19NO6/c21-18(13-26-19(22)6-4-15-2-1-9-23-15)20-8-7-14-3-5-16-17(12-14)25-11-10-24-16/h1-6,9,12H,7-8,10-11,13H2,(H,20,21)/b6-4+. The van der Waals surface area contributed by atoms with Crippen LogP contribution in [0.5, 0.6) is 11.5 Å². The number of nitrogens with one attached hydrogen (secondary N) is 1. The number of ether oxygens (including phenoxy) is 3. The van der Waals surface area contributed by atoms with E-state index in [1.807, 2.05) is 18.2 Å². The molecule has 1 amide bonds. The number of hydrogen-bond donors (Lipinski definition) is 1. The van der Waals surface area contributed by atoms with Crippen molar-refractivity contribution < 1.29 is 28.2 Å². The Kier molecular flexibility index (Phi) is 5.92. The number of rotatable bonds is 7. The fraction of sp³-hybridized carbons (Fsp3) is 0.263. The summed E-state index contributed by atoms with van der Waals surface area (Å²) in [6.07, 6.45) is 4.82. The van der Waals surface area contributed by atoms with Gasteiger partial charge in [0.25, 0.3) is 5.91 Å². The quantitative estimate of drug-likeness (QED) is 0.602. The summed E-state index contributed by atoms with van der Waals surface area (Å²) >= 11 is 0. The molecule has 2 aromatic rings. The van der Waals surface area contributed by atoms with Crippen LogP contribution in [-0.2, 0) is 20.7 Å². The maximum absolute atomic E-state index is 11.7. The fourth-order valence-electron chi connectivity index (χ4n) is 2.36. The molecule has 136 valence electrons. The third-order valence-corrected chi connectivity index (χ3v) is 3.61. The molecule has 0 radical (unpaired) electrons. The van der Waals surface area contributed by atoms with Gasteiger partial charge in [0.1, 0.15) is 19.0 Å². The fourth-order valence-corrected chi connectivity index (χ4v) is 2.36. The zero-order valence-corrected chi connectivity index (χ0v) is 14.1. The molecule has 1 aromatic carbocycles. The van der Waals surface area contributed by atoms with Gasteiger partial charge in [-0.3, -0.25) is 4.79 Å². The van der Waals surface area contributed by atoms with Crippen molar-refractivity contribution in [2.45, 2.75) is 6.42 Å². The summed E-state index contributed by atoms with van der Waals surface area (Å²) in [6, 6.07) is 9.10. The van der Waals surface area contributed by atoms with Crippen LogP contribution in [0.15, 0.2) is 47.1 Å². The second-order valence-corrected chi connectivity index (χ2v) is 5.53. The molecule has 1 N–H and O–H groups in total. The molecule has 1 aliphatic rings. The van der Waals surface area contributed by atoms with Crippen LogP contribution in [0, 0.1) is 0 Å². The Labute approximate surface area is 150 Å². The highest BCUT2D eigenvalue weighted by Crippen LogP contribution is 2.30. The normalized spacial score (nSPS) is 12.8. The minimum absolute atomic E-state index is 0.331. The van der Waals surface area contributed by atoms with Gasteiger partial charge in [-0.15, -0.1) is 0 Å². The summed E-state index contributed by atoms with van der Waals surface area (Å²) < 4.78 is 20.9. The van der Waals surface area contributed by atoms with Gasteiger partial charge in [-0.2, -0.15) is 0 Å². The van der Waals surface area contributed by atoms with E-state index in [1.54, 1.807) is 12.1 Å². The maximum atomic E-state index is 11.7. The zero-order valence-electron chi connectivity index (χ0n) is 14.1. The van der Waals surface area contributed by atoms with Gasteiger partial charge < -0.3 is 23.9 Å². The number of benzene rings is 1. The lowest BCUT2D eigenvalue weighted by Crippen LogP contribution is -2.30. The van der Waals surface area contributed by atoms with Crippen molar-refractivity contribution in [2.24, 2.45) is 0 Å². The maximum Gasteiger partial charge on any atom is 0.331 e. The van der Waals surface area contributed by atoms with Gasteiger partial charge in [0, 0.05) is 12.6 Å². The first-order chi connectivity index (χ1) is 12.7. The van der Waals surface area contributed by atoms with Crippen LogP contribution in [-0.4, -0.2) is 38.2 Å². The Balaban J connectivity index is 1.36. The molecule has 0 saturated heterocycles. The third kappa shape index (κ3) is 5.14. The molecule has 0 unspecified atom stereocenters. The molecule has 0 atom stereocenters. The number of carbonyl (C=O) groups excluding carboxylic acids is 2. The summed E-state index contributed by atoms with van der Waals surface area (Å²) in [6.45, 7) is 1.19. The van der Waals surface area contributed by atoms with Crippen molar-refractivity contribution in [3.05, 3.63) is 54.0 Å². The van der Waals surface area contributed by atoms with Crippen molar-refractivity contribution >= 4 is 18.0 Å². The molecule has 7 nitrogen and oxygen atoms in total. The SMILES string of the molecule is O=C(COC(=O)/C=C/c1ccco1)NCCc1ccc2c(c1)OCCO2. The Hall–Kier alpha value is -3.22. The average molecular weight is 357 g/mol. The molecule has 1 aliphatic heterocycles. The van der Waals surface area contributed by atoms with Gasteiger partial charge in [-0.05, 0) is 42.3 Å². The first-order valence-corrected chi connectivity index (χ1v) is 8.24. The minimum Gasteiger partial charge on any atom is -0.486 e. The van der Waals surface area contributed by atoms with Crippen LogP contribution in [0.25, 0.3) is 6.08 Å². The van der Waals surface area contributed by atoms with Gasteiger partial charge in [0.05, 0.1) is 6.26 Å². The van der Waals surface area contributed by atoms with E-state index < -0.39 is 5.97 Å².